The zero-order valence-electron chi connectivity index (χ0n) is 11.8. The summed E-state index contributed by atoms with van der Waals surface area (Å²) in [4.78, 5) is 13.9. The molecule has 0 saturated heterocycles. The minimum atomic E-state index is -0.561. The van der Waals surface area contributed by atoms with Crippen molar-refractivity contribution in [2.24, 2.45) is 0 Å². The van der Waals surface area contributed by atoms with Gasteiger partial charge in [0.25, 0.3) is 5.91 Å². The summed E-state index contributed by atoms with van der Waals surface area (Å²) in [5.74, 6) is -0.159. The Morgan fingerprint density at radius 1 is 1.20 bits per heavy atom. The first-order chi connectivity index (χ1) is 9.56. The number of carbonyl (C=O) groups is 1. The molecule has 1 amide bonds. The molecule has 2 aromatic carbocycles. The van der Waals surface area contributed by atoms with Crippen LogP contribution in [0.3, 0.4) is 0 Å². The Morgan fingerprint density at radius 2 is 1.90 bits per heavy atom. The van der Waals surface area contributed by atoms with Crippen LogP contribution in [0.25, 0.3) is 10.8 Å². The van der Waals surface area contributed by atoms with Crippen LogP contribution in [0.5, 0.6) is 0 Å². The van der Waals surface area contributed by atoms with Gasteiger partial charge in [-0.25, -0.2) is 0 Å². The fraction of sp³-hybridized carbons (Fsp3) is 0.312. The molecule has 0 heterocycles. The SMILES string of the molecule is CN(C)CC(O)CNC(=O)c1ccc2ccccc2c1. The molecule has 0 aliphatic heterocycles. The summed E-state index contributed by atoms with van der Waals surface area (Å²) >= 11 is 0. The van der Waals surface area contributed by atoms with Crippen molar-refractivity contribution in [3.63, 3.8) is 0 Å². The number of nitrogens with one attached hydrogen (secondary N) is 1. The average molecular weight is 272 g/mol. The van der Waals surface area contributed by atoms with Crippen LogP contribution in [-0.4, -0.2) is 49.2 Å². The standard InChI is InChI=1S/C16H20N2O2/c1-18(2)11-15(19)10-17-16(20)14-8-7-12-5-3-4-6-13(12)9-14/h3-9,15,19H,10-11H2,1-2H3,(H,17,20). The molecule has 2 rings (SSSR count). The first-order valence-electron chi connectivity index (χ1n) is 6.66. The van der Waals surface area contributed by atoms with Crippen molar-refractivity contribution in [3.05, 3.63) is 48.0 Å². The molecule has 2 aromatic rings. The number of benzene rings is 2. The van der Waals surface area contributed by atoms with Crippen LogP contribution in [0, 0.1) is 0 Å². The third-order valence-electron chi connectivity index (χ3n) is 3.09. The average Bonchev–Trinajstić information content (AvgIpc) is 2.43. The third-order valence-corrected chi connectivity index (χ3v) is 3.09. The molecular formula is C16H20N2O2. The number of aliphatic hydroxyl groups is 1. The first-order valence-corrected chi connectivity index (χ1v) is 6.66. The summed E-state index contributed by atoms with van der Waals surface area (Å²) < 4.78 is 0. The molecule has 1 atom stereocenters. The van der Waals surface area contributed by atoms with Gasteiger partial charge in [-0.1, -0.05) is 30.3 Å². The van der Waals surface area contributed by atoms with Crippen LogP contribution in [-0.2, 0) is 0 Å². The van der Waals surface area contributed by atoms with Crippen LogP contribution in [0.4, 0.5) is 0 Å². The van der Waals surface area contributed by atoms with E-state index in [0.717, 1.165) is 10.8 Å². The molecule has 0 bridgehead atoms. The van der Waals surface area contributed by atoms with Gasteiger partial charge in [-0.3, -0.25) is 4.79 Å². The van der Waals surface area contributed by atoms with E-state index in [9.17, 15) is 9.90 Å². The summed E-state index contributed by atoms with van der Waals surface area (Å²) in [5.41, 5.74) is 0.612. The highest BCUT2D eigenvalue weighted by molar-refractivity contribution is 5.98. The molecule has 20 heavy (non-hydrogen) atoms. The van der Waals surface area contributed by atoms with E-state index < -0.39 is 6.10 Å². The Kier molecular flexibility index (Phi) is 4.71. The minimum Gasteiger partial charge on any atom is -0.390 e. The normalized spacial score (nSPS) is 12.6. The van der Waals surface area contributed by atoms with Gasteiger partial charge in [0.05, 0.1) is 6.10 Å². The van der Waals surface area contributed by atoms with Crippen molar-refractivity contribution in [3.8, 4) is 0 Å². The molecule has 1 unspecified atom stereocenters. The third kappa shape index (κ3) is 3.79. The van der Waals surface area contributed by atoms with Gasteiger partial charge in [0.2, 0.25) is 0 Å². The number of carbonyl (C=O) groups excluding carboxylic acids is 1. The summed E-state index contributed by atoms with van der Waals surface area (Å²) in [6, 6.07) is 13.5. The first kappa shape index (κ1) is 14.5. The topological polar surface area (TPSA) is 52.6 Å². The zero-order valence-corrected chi connectivity index (χ0v) is 11.8. The maximum absolute atomic E-state index is 12.0. The van der Waals surface area contributed by atoms with Crippen LogP contribution in [0.15, 0.2) is 42.5 Å². The van der Waals surface area contributed by atoms with E-state index in [0.29, 0.717) is 12.1 Å². The summed E-state index contributed by atoms with van der Waals surface area (Å²) in [6.45, 7) is 0.780. The number of fused-ring (bicyclic) bond motifs is 1. The van der Waals surface area contributed by atoms with Crippen molar-refractivity contribution < 1.29 is 9.90 Å². The number of amides is 1. The van der Waals surface area contributed by atoms with Crippen molar-refractivity contribution in [2.45, 2.75) is 6.10 Å². The van der Waals surface area contributed by atoms with E-state index in [1.807, 2.05) is 55.4 Å². The molecule has 4 heteroatoms. The Bertz CT molecular complexity index is 596. The second-order valence-electron chi connectivity index (χ2n) is 5.19. The molecule has 2 N–H and O–H groups in total. The minimum absolute atomic E-state index is 0.159. The Hall–Kier alpha value is -1.91. The summed E-state index contributed by atoms with van der Waals surface area (Å²) in [6.07, 6.45) is -0.561. The van der Waals surface area contributed by atoms with E-state index in [4.69, 9.17) is 0 Å². The van der Waals surface area contributed by atoms with E-state index in [1.54, 1.807) is 6.07 Å². The van der Waals surface area contributed by atoms with Crippen LogP contribution >= 0.6 is 0 Å². The predicted molar refractivity (Wildman–Crippen MR) is 80.8 cm³/mol. The fourth-order valence-corrected chi connectivity index (χ4v) is 2.13. The molecule has 0 saturated carbocycles. The summed E-state index contributed by atoms with van der Waals surface area (Å²) in [5, 5.41) is 14.6. The molecule has 106 valence electrons. The van der Waals surface area contributed by atoms with E-state index in [2.05, 4.69) is 5.32 Å². The number of hydrogen-bond donors (Lipinski definition) is 2. The summed E-state index contributed by atoms with van der Waals surface area (Å²) in [7, 11) is 3.77. The van der Waals surface area contributed by atoms with Gasteiger partial charge in [-0.05, 0) is 37.0 Å². The molecule has 0 fully saturated rings. The highest BCUT2D eigenvalue weighted by Gasteiger charge is 2.10. The lowest BCUT2D eigenvalue weighted by Gasteiger charge is -2.16. The van der Waals surface area contributed by atoms with Crippen molar-refractivity contribution in [1.82, 2.24) is 10.2 Å². The smallest absolute Gasteiger partial charge is 0.251 e. The highest BCUT2D eigenvalue weighted by atomic mass is 16.3. The Morgan fingerprint density at radius 3 is 2.60 bits per heavy atom. The molecule has 0 aliphatic carbocycles. The zero-order chi connectivity index (χ0) is 14.5. The van der Waals surface area contributed by atoms with Gasteiger partial charge in [0.15, 0.2) is 0 Å². The van der Waals surface area contributed by atoms with Crippen molar-refractivity contribution in [1.29, 1.82) is 0 Å². The molecule has 0 spiro atoms. The predicted octanol–water partition coefficient (Wildman–Crippen LogP) is 1.49. The maximum Gasteiger partial charge on any atom is 0.251 e. The molecule has 0 radical (unpaired) electrons. The lowest BCUT2D eigenvalue weighted by molar-refractivity contribution is 0.0892. The van der Waals surface area contributed by atoms with Crippen molar-refractivity contribution in [2.75, 3.05) is 27.2 Å². The lowest BCUT2D eigenvalue weighted by atomic mass is 10.1. The van der Waals surface area contributed by atoms with Gasteiger partial charge < -0.3 is 15.3 Å². The number of rotatable bonds is 5. The Labute approximate surface area is 119 Å². The van der Waals surface area contributed by atoms with Gasteiger partial charge in [0.1, 0.15) is 0 Å². The van der Waals surface area contributed by atoms with E-state index >= 15 is 0 Å². The van der Waals surface area contributed by atoms with Crippen molar-refractivity contribution >= 4 is 16.7 Å². The fourth-order valence-electron chi connectivity index (χ4n) is 2.13. The quantitative estimate of drug-likeness (QED) is 0.867. The van der Waals surface area contributed by atoms with Crippen LogP contribution in [0.2, 0.25) is 0 Å². The number of likely N-dealkylation sites (N-methyl/N-ethyl adjacent to an activating group) is 1. The number of hydrogen-bond acceptors (Lipinski definition) is 3. The van der Waals surface area contributed by atoms with Gasteiger partial charge in [-0.15, -0.1) is 0 Å². The van der Waals surface area contributed by atoms with Gasteiger partial charge in [-0.2, -0.15) is 0 Å². The largest absolute Gasteiger partial charge is 0.390 e. The highest BCUT2D eigenvalue weighted by Crippen LogP contribution is 2.15. The molecule has 0 aromatic heterocycles. The maximum atomic E-state index is 12.0. The Balaban J connectivity index is 2.00. The van der Waals surface area contributed by atoms with Crippen LogP contribution < -0.4 is 5.32 Å². The van der Waals surface area contributed by atoms with Gasteiger partial charge in [0, 0.05) is 18.7 Å². The molecular weight excluding hydrogens is 252 g/mol. The lowest BCUT2D eigenvalue weighted by Crippen LogP contribution is -2.37. The number of aliphatic hydroxyl groups excluding tert-OH is 1. The second kappa shape index (κ2) is 6.50. The van der Waals surface area contributed by atoms with E-state index in [1.165, 1.54) is 0 Å². The molecule has 4 nitrogen and oxygen atoms in total. The van der Waals surface area contributed by atoms with Crippen LogP contribution in [0.1, 0.15) is 10.4 Å². The van der Waals surface area contributed by atoms with Gasteiger partial charge >= 0.3 is 0 Å². The monoisotopic (exact) mass is 272 g/mol. The van der Waals surface area contributed by atoms with E-state index in [-0.39, 0.29) is 12.5 Å². The molecule has 0 aliphatic rings. The second-order valence-corrected chi connectivity index (χ2v) is 5.19. The number of nitrogens with zero attached hydrogens (tertiary/aromatic N) is 1.